The van der Waals surface area contributed by atoms with Gasteiger partial charge in [-0.15, -0.1) is 0 Å². The summed E-state index contributed by atoms with van der Waals surface area (Å²) in [7, 11) is 0. The van der Waals surface area contributed by atoms with Crippen LogP contribution in [0.1, 0.15) is 56.0 Å². The van der Waals surface area contributed by atoms with E-state index in [-0.39, 0.29) is 0 Å². The lowest BCUT2D eigenvalue weighted by molar-refractivity contribution is 0.111. The lowest BCUT2D eigenvalue weighted by atomic mass is 9.97. The van der Waals surface area contributed by atoms with Gasteiger partial charge in [0, 0.05) is 0 Å². The second-order valence-electron chi connectivity index (χ2n) is 4.93. The third-order valence-corrected chi connectivity index (χ3v) is 2.91. The minimum atomic E-state index is 0.462. The van der Waals surface area contributed by atoms with Crippen molar-refractivity contribution in [2.24, 2.45) is 5.92 Å². The van der Waals surface area contributed by atoms with Crippen LogP contribution < -0.4 is 4.74 Å². The number of rotatable bonds is 6. The Labute approximate surface area is 104 Å². The highest BCUT2D eigenvalue weighted by molar-refractivity contribution is 5.79. The van der Waals surface area contributed by atoms with Crippen LogP contribution in [0.25, 0.3) is 0 Å². The molecule has 1 aromatic rings. The number of carbonyl (C=O) groups is 1. The average Bonchev–Trinajstić information content (AvgIpc) is 2.34. The predicted molar refractivity (Wildman–Crippen MR) is 70.9 cm³/mol. The zero-order chi connectivity index (χ0) is 12.8. The molecule has 2 nitrogen and oxygen atoms in total. The summed E-state index contributed by atoms with van der Waals surface area (Å²) >= 11 is 0. The smallest absolute Gasteiger partial charge is 0.153 e. The van der Waals surface area contributed by atoms with Gasteiger partial charge >= 0.3 is 0 Å². The fraction of sp³-hybridized carbons (Fsp3) is 0.533. The van der Waals surface area contributed by atoms with Crippen molar-refractivity contribution in [3.8, 4) is 5.75 Å². The van der Waals surface area contributed by atoms with Gasteiger partial charge in [0.2, 0.25) is 0 Å². The standard InChI is InChI=1S/C15H22O2/c1-5-12(4)13-6-7-15(14(8-13)9-16)17-10-11(2)3/h6-9,11-12H,5,10H2,1-4H3. The molecule has 0 heterocycles. The lowest BCUT2D eigenvalue weighted by Gasteiger charge is -2.14. The number of carbonyl (C=O) groups excluding carboxylic acids is 1. The van der Waals surface area contributed by atoms with E-state index in [0.717, 1.165) is 12.7 Å². The molecule has 2 heteroatoms. The first-order valence-electron chi connectivity index (χ1n) is 6.30. The Morgan fingerprint density at radius 3 is 2.53 bits per heavy atom. The maximum absolute atomic E-state index is 11.1. The first-order valence-corrected chi connectivity index (χ1v) is 6.30. The van der Waals surface area contributed by atoms with Gasteiger partial charge in [-0.25, -0.2) is 0 Å². The molecule has 17 heavy (non-hydrogen) atoms. The fourth-order valence-corrected chi connectivity index (χ4v) is 1.59. The van der Waals surface area contributed by atoms with Crippen molar-refractivity contribution in [3.63, 3.8) is 0 Å². The van der Waals surface area contributed by atoms with Crippen molar-refractivity contribution in [1.29, 1.82) is 0 Å². The zero-order valence-corrected chi connectivity index (χ0v) is 11.2. The minimum Gasteiger partial charge on any atom is -0.493 e. The molecule has 0 spiro atoms. The van der Waals surface area contributed by atoms with Crippen molar-refractivity contribution in [3.05, 3.63) is 29.3 Å². The van der Waals surface area contributed by atoms with Crippen LogP contribution in [0, 0.1) is 5.92 Å². The van der Waals surface area contributed by atoms with Crippen molar-refractivity contribution in [1.82, 2.24) is 0 Å². The molecular weight excluding hydrogens is 212 g/mol. The van der Waals surface area contributed by atoms with Gasteiger partial charge in [-0.1, -0.05) is 33.8 Å². The van der Waals surface area contributed by atoms with Crippen LogP contribution in [-0.2, 0) is 0 Å². The fourth-order valence-electron chi connectivity index (χ4n) is 1.59. The number of aldehydes is 1. The Bertz CT molecular complexity index is 369. The summed E-state index contributed by atoms with van der Waals surface area (Å²) in [4.78, 5) is 11.1. The highest BCUT2D eigenvalue weighted by atomic mass is 16.5. The second-order valence-corrected chi connectivity index (χ2v) is 4.93. The Balaban J connectivity index is 2.89. The van der Waals surface area contributed by atoms with E-state index in [0.29, 0.717) is 29.8 Å². The predicted octanol–water partition coefficient (Wildman–Crippen LogP) is 4.05. The van der Waals surface area contributed by atoms with E-state index in [9.17, 15) is 4.79 Å². The first-order chi connectivity index (χ1) is 8.08. The van der Waals surface area contributed by atoms with Crippen molar-refractivity contribution in [2.45, 2.75) is 40.0 Å². The average molecular weight is 234 g/mol. The van der Waals surface area contributed by atoms with Crippen LogP contribution in [0.3, 0.4) is 0 Å². The molecule has 0 fully saturated rings. The number of ether oxygens (including phenoxy) is 1. The van der Waals surface area contributed by atoms with E-state index >= 15 is 0 Å². The molecule has 94 valence electrons. The minimum absolute atomic E-state index is 0.462. The third-order valence-electron chi connectivity index (χ3n) is 2.91. The van der Waals surface area contributed by atoms with E-state index in [2.05, 4.69) is 33.8 Å². The van der Waals surface area contributed by atoms with Crippen molar-refractivity contribution >= 4 is 6.29 Å². The molecule has 0 radical (unpaired) electrons. The van der Waals surface area contributed by atoms with Gasteiger partial charge in [-0.05, 0) is 36.0 Å². The molecule has 0 bridgehead atoms. The summed E-state index contributed by atoms with van der Waals surface area (Å²) in [6, 6.07) is 5.90. The molecule has 0 saturated carbocycles. The lowest BCUT2D eigenvalue weighted by Crippen LogP contribution is -2.06. The van der Waals surface area contributed by atoms with E-state index in [1.165, 1.54) is 5.56 Å². The largest absolute Gasteiger partial charge is 0.493 e. The van der Waals surface area contributed by atoms with Crippen LogP contribution in [0.4, 0.5) is 0 Å². The monoisotopic (exact) mass is 234 g/mol. The molecule has 0 aliphatic rings. The molecule has 1 aromatic carbocycles. The SMILES string of the molecule is CCC(C)c1ccc(OCC(C)C)c(C=O)c1. The molecular formula is C15H22O2. The summed E-state index contributed by atoms with van der Waals surface area (Å²) in [6.45, 7) is 9.14. The van der Waals surface area contributed by atoms with Gasteiger partial charge in [0.15, 0.2) is 6.29 Å². The highest BCUT2D eigenvalue weighted by Crippen LogP contribution is 2.25. The molecule has 1 unspecified atom stereocenters. The van der Waals surface area contributed by atoms with E-state index in [1.807, 2.05) is 12.1 Å². The van der Waals surface area contributed by atoms with Gasteiger partial charge in [0.05, 0.1) is 12.2 Å². The summed E-state index contributed by atoms with van der Waals surface area (Å²) in [6.07, 6.45) is 1.95. The second kappa shape index (κ2) is 6.43. The quantitative estimate of drug-likeness (QED) is 0.694. The molecule has 0 amide bonds. The Morgan fingerprint density at radius 2 is 2.00 bits per heavy atom. The van der Waals surface area contributed by atoms with E-state index in [1.54, 1.807) is 0 Å². The number of benzene rings is 1. The van der Waals surface area contributed by atoms with Gasteiger partial charge in [-0.2, -0.15) is 0 Å². The number of hydrogen-bond donors (Lipinski definition) is 0. The van der Waals surface area contributed by atoms with Gasteiger partial charge in [-0.3, -0.25) is 4.79 Å². The Kier molecular flexibility index (Phi) is 5.20. The van der Waals surface area contributed by atoms with Crippen LogP contribution in [0.15, 0.2) is 18.2 Å². The van der Waals surface area contributed by atoms with Gasteiger partial charge < -0.3 is 4.74 Å². The summed E-state index contributed by atoms with van der Waals surface area (Å²) in [5.41, 5.74) is 1.86. The van der Waals surface area contributed by atoms with Crippen LogP contribution in [0.5, 0.6) is 5.75 Å². The highest BCUT2D eigenvalue weighted by Gasteiger charge is 2.09. The summed E-state index contributed by atoms with van der Waals surface area (Å²) in [5.74, 6) is 1.64. The summed E-state index contributed by atoms with van der Waals surface area (Å²) < 4.78 is 5.63. The topological polar surface area (TPSA) is 26.3 Å². The Hall–Kier alpha value is -1.31. The number of hydrogen-bond acceptors (Lipinski definition) is 2. The zero-order valence-electron chi connectivity index (χ0n) is 11.2. The molecule has 0 aromatic heterocycles. The Morgan fingerprint density at radius 1 is 1.29 bits per heavy atom. The first kappa shape index (κ1) is 13.8. The van der Waals surface area contributed by atoms with Crippen molar-refractivity contribution in [2.75, 3.05) is 6.61 Å². The van der Waals surface area contributed by atoms with Gasteiger partial charge in [0.1, 0.15) is 5.75 Å². The third kappa shape index (κ3) is 3.88. The van der Waals surface area contributed by atoms with Crippen LogP contribution >= 0.6 is 0 Å². The van der Waals surface area contributed by atoms with Crippen LogP contribution in [0.2, 0.25) is 0 Å². The van der Waals surface area contributed by atoms with E-state index in [4.69, 9.17) is 4.74 Å². The normalized spacial score (nSPS) is 12.5. The molecule has 0 N–H and O–H groups in total. The molecule has 0 saturated heterocycles. The van der Waals surface area contributed by atoms with Gasteiger partial charge in [0.25, 0.3) is 0 Å². The molecule has 1 rings (SSSR count). The maximum Gasteiger partial charge on any atom is 0.153 e. The van der Waals surface area contributed by atoms with Crippen LogP contribution in [-0.4, -0.2) is 12.9 Å². The molecule has 1 atom stereocenters. The van der Waals surface area contributed by atoms with Crippen molar-refractivity contribution < 1.29 is 9.53 Å². The summed E-state index contributed by atoms with van der Waals surface area (Å²) in [5, 5.41) is 0. The molecule has 0 aliphatic heterocycles. The molecule has 0 aliphatic carbocycles. The maximum atomic E-state index is 11.1. The van der Waals surface area contributed by atoms with E-state index < -0.39 is 0 Å².